The van der Waals surface area contributed by atoms with Gasteiger partial charge in [-0.05, 0) is 25.2 Å². The number of nitrogens with zero attached hydrogens (tertiary/aromatic N) is 2. The van der Waals surface area contributed by atoms with E-state index in [1.54, 1.807) is 0 Å². The van der Waals surface area contributed by atoms with E-state index in [0.29, 0.717) is 0 Å². The zero-order valence-corrected chi connectivity index (χ0v) is 6.17. The first-order valence-electron chi connectivity index (χ1n) is 3.49. The molecule has 0 amide bonds. The molecule has 0 atom stereocenters. The van der Waals surface area contributed by atoms with Gasteiger partial charge in [0.1, 0.15) is 0 Å². The molecule has 0 aromatic heterocycles. The lowest BCUT2D eigenvalue weighted by atomic mass is 10.3. The van der Waals surface area contributed by atoms with Crippen LogP contribution in [0.15, 0.2) is 5.10 Å². The van der Waals surface area contributed by atoms with Crippen LogP contribution in [-0.2, 0) is 0 Å². The van der Waals surface area contributed by atoms with Crippen molar-refractivity contribution in [2.45, 2.75) is 19.3 Å². The maximum atomic E-state index is 4.11. The molecule has 0 spiro atoms. The Kier molecular flexibility index (Phi) is 2.09. The topological polar surface area (TPSA) is 15.6 Å². The summed E-state index contributed by atoms with van der Waals surface area (Å²) in [5, 5.41) is 5.95. The van der Waals surface area contributed by atoms with Crippen molar-refractivity contribution in [3.8, 4) is 0 Å². The Morgan fingerprint density at radius 3 is 2.67 bits per heavy atom. The number of hydrogen-bond acceptors (Lipinski definition) is 2. The molecule has 0 bridgehead atoms. The lowest BCUT2D eigenvalue weighted by Gasteiger charge is -2.00. The number of hydrogen-bond donors (Lipinski definition) is 0. The molecule has 1 rings (SSSR count). The van der Waals surface area contributed by atoms with Gasteiger partial charge in [0.2, 0.25) is 0 Å². The van der Waals surface area contributed by atoms with Gasteiger partial charge in [0, 0.05) is 20.3 Å². The number of rotatable bonds is 3. The first kappa shape index (κ1) is 6.59. The fraction of sp³-hybridized carbons (Fsp3) is 0.857. The lowest BCUT2D eigenvalue weighted by Crippen LogP contribution is -2.01. The van der Waals surface area contributed by atoms with Crippen molar-refractivity contribution in [2.24, 2.45) is 11.0 Å². The standard InChI is InChI=1S/C7H14N2/c1-9(2)8-6-5-7-3-4-7/h6-7H,3-5H2,1-2H3. The summed E-state index contributed by atoms with van der Waals surface area (Å²) in [7, 11) is 3.90. The highest BCUT2D eigenvalue weighted by Gasteiger charge is 2.19. The Morgan fingerprint density at radius 1 is 1.56 bits per heavy atom. The van der Waals surface area contributed by atoms with E-state index in [1.165, 1.54) is 19.3 Å². The average Bonchev–Trinajstić information content (AvgIpc) is 2.48. The summed E-state index contributed by atoms with van der Waals surface area (Å²) >= 11 is 0. The van der Waals surface area contributed by atoms with Crippen LogP contribution in [0.2, 0.25) is 0 Å². The second-order valence-corrected chi connectivity index (χ2v) is 2.82. The summed E-state index contributed by atoms with van der Waals surface area (Å²) in [6.45, 7) is 0. The van der Waals surface area contributed by atoms with Gasteiger partial charge in [-0.3, -0.25) is 0 Å². The van der Waals surface area contributed by atoms with Gasteiger partial charge < -0.3 is 5.01 Å². The highest BCUT2D eigenvalue weighted by Crippen LogP contribution is 2.31. The fourth-order valence-corrected chi connectivity index (χ4v) is 0.713. The monoisotopic (exact) mass is 126 g/mol. The third-order valence-electron chi connectivity index (χ3n) is 1.45. The molecule has 1 saturated carbocycles. The fourth-order valence-electron chi connectivity index (χ4n) is 0.713. The third kappa shape index (κ3) is 3.12. The van der Waals surface area contributed by atoms with Crippen molar-refractivity contribution in [3.05, 3.63) is 0 Å². The summed E-state index contributed by atoms with van der Waals surface area (Å²) in [6, 6.07) is 0. The van der Waals surface area contributed by atoms with E-state index < -0.39 is 0 Å². The van der Waals surface area contributed by atoms with Gasteiger partial charge in [0.05, 0.1) is 0 Å². The highest BCUT2D eigenvalue weighted by molar-refractivity contribution is 5.57. The van der Waals surface area contributed by atoms with Gasteiger partial charge in [-0.15, -0.1) is 0 Å². The molecular weight excluding hydrogens is 112 g/mol. The van der Waals surface area contributed by atoms with Crippen LogP contribution in [0.5, 0.6) is 0 Å². The van der Waals surface area contributed by atoms with Crippen LogP contribution in [0.25, 0.3) is 0 Å². The van der Waals surface area contributed by atoms with Crippen molar-refractivity contribution in [3.63, 3.8) is 0 Å². The van der Waals surface area contributed by atoms with Gasteiger partial charge >= 0.3 is 0 Å². The van der Waals surface area contributed by atoms with Crippen molar-refractivity contribution in [1.29, 1.82) is 0 Å². The van der Waals surface area contributed by atoms with Crippen LogP contribution in [0.3, 0.4) is 0 Å². The summed E-state index contributed by atoms with van der Waals surface area (Å²) in [5.74, 6) is 0.966. The Morgan fingerprint density at radius 2 is 2.22 bits per heavy atom. The second-order valence-electron chi connectivity index (χ2n) is 2.82. The maximum absolute atomic E-state index is 4.11. The molecule has 9 heavy (non-hydrogen) atoms. The predicted octanol–water partition coefficient (Wildman–Crippen LogP) is 1.33. The van der Waals surface area contributed by atoms with Crippen LogP contribution in [-0.4, -0.2) is 25.3 Å². The minimum absolute atomic E-state index is 0.966. The normalized spacial score (nSPS) is 18.9. The van der Waals surface area contributed by atoms with Gasteiger partial charge in [-0.2, -0.15) is 5.10 Å². The molecule has 52 valence electrons. The minimum atomic E-state index is 0.966. The summed E-state index contributed by atoms with van der Waals surface area (Å²) in [5.41, 5.74) is 0. The van der Waals surface area contributed by atoms with E-state index in [0.717, 1.165) is 5.92 Å². The molecule has 1 aliphatic rings. The molecule has 0 radical (unpaired) electrons. The Labute approximate surface area is 56.5 Å². The van der Waals surface area contributed by atoms with Gasteiger partial charge in [-0.1, -0.05) is 0 Å². The van der Waals surface area contributed by atoms with Gasteiger partial charge in [-0.25, -0.2) is 0 Å². The molecule has 0 aromatic carbocycles. The highest BCUT2D eigenvalue weighted by atomic mass is 15.4. The smallest absolute Gasteiger partial charge is 0.0247 e. The largest absolute Gasteiger partial charge is 0.303 e. The van der Waals surface area contributed by atoms with E-state index in [4.69, 9.17) is 0 Å². The van der Waals surface area contributed by atoms with E-state index >= 15 is 0 Å². The van der Waals surface area contributed by atoms with Crippen molar-refractivity contribution in [2.75, 3.05) is 14.1 Å². The zero-order valence-electron chi connectivity index (χ0n) is 6.17. The van der Waals surface area contributed by atoms with E-state index in [-0.39, 0.29) is 0 Å². The average molecular weight is 126 g/mol. The predicted molar refractivity (Wildman–Crippen MR) is 39.5 cm³/mol. The molecule has 0 saturated heterocycles. The molecule has 1 fully saturated rings. The molecule has 0 heterocycles. The molecule has 1 aliphatic carbocycles. The lowest BCUT2D eigenvalue weighted by molar-refractivity contribution is 0.438. The zero-order chi connectivity index (χ0) is 6.69. The van der Waals surface area contributed by atoms with Gasteiger partial charge in [0.25, 0.3) is 0 Å². The molecule has 2 heteroatoms. The first-order chi connectivity index (χ1) is 4.29. The van der Waals surface area contributed by atoms with Crippen LogP contribution in [0.4, 0.5) is 0 Å². The van der Waals surface area contributed by atoms with Crippen LogP contribution in [0.1, 0.15) is 19.3 Å². The number of hydrazone groups is 1. The molecule has 0 unspecified atom stereocenters. The Bertz CT molecular complexity index is 103. The molecule has 2 nitrogen and oxygen atoms in total. The minimum Gasteiger partial charge on any atom is -0.303 e. The SMILES string of the molecule is CN(C)N=CCC1CC1. The molecular formula is C7H14N2. The Hall–Kier alpha value is -0.530. The van der Waals surface area contributed by atoms with Crippen LogP contribution < -0.4 is 0 Å². The van der Waals surface area contributed by atoms with Crippen molar-refractivity contribution < 1.29 is 0 Å². The van der Waals surface area contributed by atoms with Crippen molar-refractivity contribution in [1.82, 2.24) is 5.01 Å². The van der Waals surface area contributed by atoms with E-state index in [1.807, 2.05) is 25.3 Å². The van der Waals surface area contributed by atoms with Crippen molar-refractivity contribution >= 4 is 6.21 Å². The van der Waals surface area contributed by atoms with E-state index in [9.17, 15) is 0 Å². The second kappa shape index (κ2) is 2.85. The van der Waals surface area contributed by atoms with E-state index in [2.05, 4.69) is 5.10 Å². The molecule has 0 N–H and O–H groups in total. The maximum Gasteiger partial charge on any atom is 0.0247 e. The van der Waals surface area contributed by atoms with Gasteiger partial charge in [0.15, 0.2) is 0 Å². The summed E-state index contributed by atoms with van der Waals surface area (Å²) < 4.78 is 0. The Balaban J connectivity index is 2.01. The first-order valence-corrected chi connectivity index (χ1v) is 3.49. The molecule has 0 aromatic rings. The van der Waals surface area contributed by atoms with Crippen LogP contribution >= 0.6 is 0 Å². The summed E-state index contributed by atoms with van der Waals surface area (Å²) in [6.07, 6.45) is 6.02. The molecule has 0 aliphatic heterocycles. The third-order valence-corrected chi connectivity index (χ3v) is 1.45. The summed E-state index contributed by atoms with van der Waals surface area (Å²) in [4.78, 5) is 0. The quantitative estimate of drug-likeness (QED) is 0.411. The van der Waals surface area contributed by atoms with Crippen LogP contribution in [0, 0.1) is 5.92 Å².